The molecule has 110 valence electrons. The van der Waals surface area contributed by atoms with Crippen LogP contribution in [0.15, 0.2) is 24.3 Å². The predicted molar refractivity (Wildman–Crippen MR) is 83.3 cm³/mol. The van der Waals surface area contributed by atoms with Crippen LogP contribution in [0.2, 0.25) is 5.02 Å². The number of amides is 1. The molecule has 0 saturated carbocycles. The molecule has 0 aliphatic carbocycles. The smallest absolute Gasteiger partial charge is 0.223 e. The van der Waals surface area contributed by atoms with Gasteiger partial charge in [-0.05, 0) is 49.0 Å². The Balaban J connectivity index is 0.00000147. The lowest BCUT2D eigenvalue weighted by Crippen LogP contribution is -2.38. The minimum atomic E-state index is 0. The summed E-state index contributed by atoms with van der Waals surface area (Å²) in [5.74, 6) is 0.303. The average Bonchev–Trinajstić information content (AvgIpc) is 2.69. The van der Waals surface area contributed by atoms with Crippen molar-refractivity contribution >= 4 is 29.9 Å². The van der Waals surface area contributed by atoms with E-state index >= 15 is 0 Å². The number of piperidine rings is 1. The van der Waals surface area contributed by atoms with Gasteiger partial charge in [-0.25, -0.2) is 0 Å². The van der Waals surface area contributed by atoms with E-state index in [1.165, 1.54) is 0 Å². The topological polar surface area (TPSA) is 32.3 Å². The van der Waals surface area contributed by atoms with Gasteiger partial charge in [-0.15, -0.1) is 12.4 Å². The zero-order valence-corrected chi connectivity index (χ0v) is 13.0. The Kier molecular flexibility index (Phi) is 4.95. The highest BCUT2D eigenvalue weighted by molar-refractivity contribution is 6.30. The highest BCUT2D eigenvalue weighted by atomic mass is 35.5. The molecular weight excluding hydrogens is 295 g/mol. The molecule has 3 nitrogen and oxygen atoms in total. The van der Waals surface area contributed by atoms with Crippen molar-refractivity contribution in [3.63, 3.8) is 0 Å². The summed E-state index contributed by atoms with van der Waals surface area (Å²) in [6, 6.07) is 7.78. The molecule has 0 bridgehead atoms. The molecule has 1 N–H and O–H groups in total. The lowest BCUT2D eigenvalue weighted by atomic mass is 9.78. The molecule has 0 unspecified atom stereocenters. The third kappa shape index (κ3) is 3.27. The number of likely N-dealkylation sites (tertiary alicyclic amines) is 1. The van der Waals surface area contributed by atoms with Crippen LogP contribution in [0.5, 0.6) is 0 Å². The van der Waals surface area contributed by atoms with Crippen molar-refractivity contribution in [3.8, 4) is 0 Å². The van der Waals surface area contributed by atoms with E-state index in [4.69, 9.17) is 11.6 Å². The highest BCUT2D eigenvalue weighted by Crippen LogP contribution is 2.39. The Hall–Kier alpha value is -0.770. The number of carbonyl (C=O) groups is 1. The van der Waals surface area contributed by atoms with E-state index in [0.717, 1.165) is 49.5 Å². The maximum absolute atomic E-state index is 12.2. The van der Waals surface area contributed by atoms with Gasteiger partial charge in [0.1, 0.15) is 0 Å². The van der Waals surface area contributed by atoms with Crippen molar-refractivity contribution in [2.75, 3.05) is 19.6 Å². The Morgan fingerprint density at radius 2 is 1.85 bits per heavy atom. The highest BCUT2D eigenvalue weighted by Gasteiger charge is 2.43. The summed E-state index contributed by atoms with van der Waals surface area (Å²) in [6.07, 6.45) is 2.97. The van der Waals surface area contributed by atoms with Crippen LogP contribution in [-0.2, 0) is 11.3 Å². The van der Waals surface area contributed by atoms with Crippen molar-refractivity contribution < 1.29 is 4.79 Å². The number of benzene rings is 1. The monoisotopic (exact) mass is 314 g/mol. The van der Waals surface area contributed by atoms with Gasteiger partial charge in [0, 0.05) is 24.5 Å². The van der Waals surface area contributed by atoms with Gasteiger partial charge in [-0.2, -0.15) is 0 Å². The van der Waals surface area contributed by atoms with E-state index in [2.05, 4.69) is 5.32 Å². The molecule has 5 heteroatoms. The lowest BCUT2D eigenvalue weighted by Gasteiger charge is -2.33. The van der Waals surface area contributed by atoms with Gasteiger partial charge in [-0.1, -0.05) is 23.7 Å². The van der Waals surface area contributed by atoms with E-state index in [1.807, 2.05) is 29.2 Å². The van der Waals surface area contributed by atoms with Crippen LogP contribution in [-0.4, -0.2) is 30.4 Å². The Labute approximate surface area is 131 Å². The summed E-state index contributed by atoms with van der Waals surface area (Å²) in [7, 11) is 0. The van der Waals surface area contributed by atoms with E-state index < -0.39 is 0 Å². The normalized spacial score (nSPS) is 21.1. The first-order valence-electron chi connectivity index (χ1n) is 6.90. The fourth-order valence-corrected chi connectivity index (χ4v) is 3.35. The molecule has 2 fully saturated rings. The third-order valence-electron chi connectivity index (χ3n) is 4.36. The minimum absolute atomic E-state index is 0. The molecule has 3 rings (SSSR count). The van der Waals surface area contributed by atoms with Crippen LogP contribution >= 0.6 is 24.0 Å². The summed E-state index contributed by atoms with van der Waals surface area (Å²) in [6.45, 7) is 3.71. The van der Waals surface area contributed by atoms with Gasteiger partial charge in [0.25, 0.3) is 0 Å². The maximum Gasteiger partial charge on any atom is 0.223 e. The van der Waals surface area contributed by atoms with Gasteiger partial charge in [0.15, 0.2) is 0 Å². The summed E-state index contributed by atoms with van der Waals surface area (Å²) in [4.78, 5) is 14.2. The predicted octanol–water partition coefficient (Wildman–Crippen LogP) is 2.86. The van der Waals surface area contributed by atoms with Crippen molar-refractivity contribution in [1.82, 2.24) is 10.2 Å². The van der Waals surface area contributed by atoms with Crippen LogP contribution in [0.3, 0.4) is 0 Å². The molecule has 0 aromatic heterocycles. The number of carbonyl (C=O) groups excluding carboxylic acids is 1. The first-order chi connectivity index (χ1) is 9.17. The molecule has 2 heterocycles. The van der Waals surface area contributed by atoms with Crippen molar-refractivity contribution in [2.45, 2.75) is 25.8 Å². The SMILES string of the molecule is Cl.O=C1CC2(CCNCC2)CN1Cc1ccc(Cl)cc1. The number of rotatable bonds is 2. The van der Waals surface area contributed by atoms with Gasteiger partial charge in [0.2, 0.25) is 5.91 Å². The van der Waals surface area contributed by atoms with Crippen LogP contribution in [0.1, 0.15) is 24.8 Å². The molecule has 0 radical (unpaired) electrons. The second kappa shape index (κ2) is 6.33. The average molecular weight is 315 g/mol. The Morgan fingerprint density at radius 1 is 1.20 bits per heavy atom. The standard InChI is InChI=1S/C15H19ClN2O.ClH/c16-13-3-1-12(2-4-13)10-18-11-15(9-14(18)19)5-7-17-8-6-15;/h1-4,17H,5-11H2;1H. The molecule has 20 heavy (non-hydrogen) atoms. The molecule has 1 spiro atoms. The van der Waals surface area contributed by atoms with Crippen LogP contribution in [0, 0.1) is 5.41 Å². The molecule has 0 atom stereocenters. The van der Waals surface area contributed by atoms with E-state index in [1.54, 1.807) is 0 Å². The van der Waals surface area contributed by atoms with Gasteiger partial charge in [0.05, 0.1) is 0 Å². The Bertz CT molecular complexity index is 469. The number of nitrogens with one attached hydrogen (secondary N) is 1. The van der Waals surface area contributed by atoms with Crippen LogP contribution in [0.4, 0.5) is 0 Å². The van der Waals surface area contributed by atoms with Gasteiger partial charge < -0.3 is 10.2 Å². The number of nitrogens with zero attached hydrogens (tertiary/aromatic N) is 1. The zero-order chi connectivity index (χ0) is 13.3. The fraction of sp³-hybridized carbons (Fsp3) is 0.533. The summed E-state index contributed by atoms with van der Waals surface area (Å²) in [5.41, 5.74) is 1.39. The maximum atomic E-state index is 12.2. The van der Waals surface area contributed by atoms with E-state index in [9.17, 15) is 4.79 Å². The molecule has 1 amide bonds. The first-order valence-corrected chi connectivity index (χ1v) is 7.28. The van der Waals surface area contributed by atoms with Gasteiger partial charge >= 0.3 is 0 Å². The molecule has 2 saturated heterocycles. The molecule has 1 aromatic carbocycles. The van der Waals surface area contributed by atoms with Crippen molar-refractivity contribution in [3.05, 3.63) is 34.9 Å². The number of halogens is 2. The number of hydrogen-bond donors (Lipinski definition) is 1. The van der Waals surface area contributed by atoms with Crippen LogP contribution < -0.4 is 5.32 Å². The minimum Gasteiger partial charge on any atom is -0.338 e. The summed E-state index contributed by atoms with van der Waals surface area (Å²) < 4.78 is 0. The summed E-state index contributed by atoms with van der Waals surface area (Å²) >= 11 is 5.89. The molecule has 2 aliphatic heterocycles. The fourth-order valence-electron chi connectivity index (χ4n) is 3.23. The van der Waals surface area contributed by atoms with Crippen molar-refractivity contribution in [1.29, 1.82) is 0 Å². The third-order valence-corrected chi connectivity index (χ3v) is 4.61. The van der Waals surface area contributed by atoms with Gasteiger partial charge in [-0.3, -0.25) is 4.79 Å². The van der Waals surface area contributed by atoms with Crippen LogP contribution in [0.25, 0.3) is 0 Å². The molecular formula is C15H20Cl2N2O. The summed E-state index contributed by atoms with van der Waals surface area (Å²) in [5, 5.41) is 4.12. The van der Waals surface area contributed by atoms with E-state index in [0.29, 0.717) is 12.5 Å². The largest absolute Gasteiger partial charge is 0.338 e. The number of hydrogen-bond acceptors (Lipinski definition) is 2. The second-order valence-electron chi connectivity index (χ2n) is 5.80. The van der Waals surface area contributed by atoms with Crippen molar-refractivity contribution in [2.24, 2.45) is 5.41 Å². The first kappa shape index (κ1) is 15.6. The Morgan fingerprint density at radius 3 is 2.50 bits per heavy atom. The quantitative estimate of drug-likeness (QED) is 0.910. The second-order valence-corrected chi connectivity index (χ2v) is 6.24. The molecule has 2 aliphatic rings. The zero-order valence-electron chi connectivity index (χ0n) is 11.4. The molecule has 1 aromatic rings. The van der Waals surface area contributed by atoms with E-state index in [-0.39, 0.29) is 17.8 Å². The lowest BCUT2D eigenvalue weighted by molar-refractivity contribution is -0.128.